The number of rotatable bonds is 1. The van der Waals surface area contributed by atoms with Gasteiger partial charge in [0.15, 0.2) is 0 Å². The van der Waals surface area contributed by atoms with E-state index in [0.29, 0.717) is 12.5 Å². The third-order valence-corrected chi connectivity index (χ3v) is 6.45. The second kappa shape index (κ2) is 5.17. The van der Waals surface area contributed by atoms with E-state index in [1.54, 1.807) is 6.92 Å². The first-order valence-corrected chi connectivity index (χ1v) is 8.61. The van der Waals surface area contributed by atoms with Gasteiger partial charge in [-0.1, -0.05) is 6.08 Å². The lowest BCUT2D eigenvalue weighted by Crippen LogP contribution is -2.61. The quantitative estimate of drug-likeness (QED) is 0.811. The van der Waals surface area contributed by atoms with Crippen molar-refractivity contribution in [3.8, 4) is 0 Å². The van der Waals surface area contributed by atoms with Crippen LogP contribution >= 0.6 is 0 Å². The summed E-state index contributed by atoms with van der Waals surface area (Å²) in [6, 6.07) is 2.15. The van der Waals surface area contributed by atoms with Crippen LogP contribution in [0, 0.1) is 17.8 Å². The molecular weight excluding hydrogens is 288 g/mol. The third kappa shape index (κ3) is 2.01. The van der Waals surface area contributed by atoms with E-state index in [1.165, 1.54) is 11.1 Å². The van der Waals surface area contributed by atoms with Crippen LogP contribution in [-0.2, 0) is 11.2 Å². The number of likely N-dealkylation sites (tertiary alicyclic amines) is 1. The van der Waals surface area contributed by atoms with Crippen molar-refractivity contribution in [2.75, 3.05) is 6.54 Å². The number of pyridine rings is 1. The molecule has 2 aliphatic carbocycles. The smallest absolute Gasteiger partial charge is 0.220 e. The fourth-order valence-corrected chi connectivity index (χ4v) is 5.42. The summed E-state index contributed by atoms with van der Waals surface area (Å²) in [5.41, 5.74) is 1.68. The van der Waals surface area contributed by atoms with Gasteiger partial charge < -0.3 is 10.0 Å². The van der Waals surface area contributed by atoms with Gasteiger partial charge in [0.25, 0.3) is 0 Å². The van der Waals surface area contributed by atoms with Crippen molar-refractivity contribution >= 4 is 5.91 Å². The van der Waals surface area contributed by atoms with Gasteiger partial charge in [-0.25, -0.2) is 0 Å². The van der Waals surface area contributed by atoms with Crippen LogP contribution in [0.5, 0.6) is 0 Å². The molecule has 2 heterocycles. The minimum atomic E-state index is -0.806. The molecule has 3 aliphatic rings. The highest BCUT2D eigenvalue weighted by atomic mass is 16.3. The molecule has 4 heteroatoms. The average molecular weight is 312 g/mol. The van der Waals surface area contributed by atoms with Gasteiger partial charge in [-0.2, -0.15) is 0 Å². The second-order valence-corrected chi connectivity index (χ2v) is 7.39. The zero-order valence-electron chi connectivity index (χ0n) is 13.6. The minimum absolute atomic E-state index is 0.0475. The molecule has 1 saturated heterocycles. The summed E-state index contributed by atoms with van der Waals surface area (Å²) in [7, 11) is 0. The monoisotopic (exact) mass is 312 g/mol. The molecule has 0 radical (unpaired) electrons. The fourth-order valence-electron chi connectivity index (χ4n) is 5.42. The molecular formula is C19H24N2O2. The van der Waals surface area contributed by atoms with Crippen molar-refractivity contribution in [3.05, 3.63) is 42.2 Å². The van der Waals surface area contributed by atoms with Crippen LogP contribution < -0.4 is 0 Å². The van der Waals surface area contributed by atoms with Crippen molar-refractivity contribution < 1.29 is 9.90 Å². The molecule has 122 valence electrons. The van der Waals surface area contributed by atoms with Crippen LogP contribution in [-0.4, -0.2) is 33.0 Å². The van der Waals surface area contributed by atoms with Crippen LogP contribution in [0.1, 0.15) is 43.4 Å². The summed E-state index contributed by atoms with van der Waals surface area (Å²) in [5.74, 6) is 0.727. The van der Waals surface area contributed by atoms with E-state index in [9.17, 15) is 9.90 Å². The van der Waals surface area contributed by atoms with Crippen LogP contribution in [0.4, 0.5) is 0 Å². The Balaban J connectivity index is 1.81. The van der Waals surface area contributed by atoms with E-state index in [1.807, 2.05) is 23.4 Å². The summed E-state index contributed by atoms with van der Waals surface area (Å²) in [6.45, 7) is 5.96. The molecule has 1 amide bonds. The average Bonchev–Trinajstić information content (AvgIpc) is 2.89. The van der Waals surface area contributed by atoms with Gasteiger partial charge in [0, 0.05) is 25.2 Å². The predicted octanol–water partition coefficient (Wildman–Crippen LogP) is 2.49. The molecule has 1 saturated carbocycles. The maximum Gasteiger partial charge on any atom is 0.220 e. The largest absolute Gasteiger partial charge is 0.387 e. The molecule has 0 spiro atoms. The van der Waals surface area contributed by atoms with Crippen LogP contribution in [0.15, 0.2) is 31.1 Å². The van der Waals surface area contributed by atoms with Gasteiger partial charge >= 0.3 is 0 Å². The second-order valence-electron chi connectivity index (χ2n) is 7.39. The highest BCUT2D eigenvalue weighted by molar-refractivity contribution is 5.74. The molecule has 1 aromatic rings. The van der Waals surface area contributed by atoms with Gasteiger partial charge in [-0.3, -0.25) is 9.78 Å². The molecule has 4 rings (SSSR count). The number of amides is 1. The maximum atomic E-state index is 12.4. The number of hydrogen-bond donors (Lipinski definition) is 1. The minimum Gasteiger partial charge on any atom is -0.387 e. The summed E-state index contributed by atoms with van der Waals surface area (Å²) in [6.07, 6.45) is 9.65. The molecule has 1 aromatic heterocycles. The summed E-state index contributed by atoms with van der Waals surface area (Å²) in [4.78, 5) is 18.5. The van der Waals surface area contributed by atoms with Crippen LogP contribution in [0.2, 0.25) is 0 Å². The first kappa shape index (κ1) is 14.9. The Morgan fingerprint density at radius 2 is 2.30 bits per heavy atom. The first-order chi connectivity index (χ1) is 11.1. The molecule has 5 atom stereocenters. The Bertz CT molecular complexity index is 659. The molecule has 1 aliphatic heterocycles. The van der Waals surface area contributed by atoms with Crippen LogP contribution in [0.3, 0.4) is 0 Å². The van der Waals surface area contributed by atoms with Gasteiger partial charge in [0.2, 0.25) is 5.91 Å². The Morgan fingerprint density at radius 1 is 1.48 bits per heavy atom. The molecule has 2 fully saturated rings. The number of aryl methyl sites for hydroxylation is 1. The molecule has 23 heavy (non-hydrogen) atoms. The predicted molar refractivity (Wildman–Crippen MR) is 87.5 cm³/mol. The van der Waals surface area contributed by atoms with E-state index in [4.69, 9.17) is 0 Å². The lowest BCUT2D eigenvalue weighted by Gasteiger charge is -2.54. The number of β-amino-alcohol motifs (C(OH)–C–C–N with tert-alkyl or cyclic N) is 1. The molecule has 0 bridgehead atoms. The zero-order chi connectivity index (χ0) is 16.2. The zero-order valence-corrected chi connectivity index (χ0v) is 13.6. The van der Waals surface area contributed by atoms with E-state index in [2.05, 4.69) is 17.6 Å². The van der Waals surface area contributed by atoms with Gasteiger partial charge in [0.05, 0.1) is 18.2 Å². The molecule has 1 N–H and O–H groups in total. The molecule has 0 unspecified atom stereocenters. The van der Waals surface area contributed by atoms with Gasteiger partial charge in [-0.15, -0.1) is 6.58 Å². The van der Waals surface area contributed by atoms with Crippen molar-refractivity contribution in [2.45, 2.75) is 44.2 Å². The number of aliphatic hydroxyl groups is 1. The standard InChI is InChI=1S/C19H24N2O2/c1-3-14-5-7-17-16-6-4-13-10-20-9-8-15(13)18(16)21(12(2)22)11-19(14,17)23/h3,8-10,14,16-18,23H,1,4-7,11H2,2H3/t14-,16+,17+,18-,19+/m1/s1. The van der Waals surface area contributed by atoms with E-state index in [0.717, 1.165) is 25.7 Å². The normalized spacial score (nSPS) is 38.4. The van der Waals surface area contributed by atoms with Crippen molar-refractivity contribution in [1.29, 1.82) is 0 Å². The van der Waals surface area contributed by atoms with Crippen molar-refractivity contribution in [2.24, 2.45) is 17.8 Å². The number of piperidine rings is 1. The number of aromatic nitrogens is 1. The molecule has 0 aromatic carbocycles. The topological polar surface area (TPSA) is 53.4 Å². The van der Waals surface area contributed by atoms with Crippen molar-refractivity contribution in [3.63, 3.8) is 0 Å². The Morgan fingerprint density at radius 3 is 3.04 bits per heavy atom. The van der Waals surface area contributed by atoms with E-state index in [-0.39, 0.29) is 23.8 Å². The number of hydrogen-bond acceptors (Lipinski definition) is 3. The third-order valence-electron chi connectivity index (χ3n) is 6.45. The Kier molecular flexibility index (Phi) is 3.34. The highest BCUT2D eigenvalue weighted by Crippen LogP contribution is 2.56. The number of nitrogens with zero attached hydrogens (tertiary/aromatic N) is 2. The number of carbonyl (C=O) groups excluding carboxylic acids is 1. The SMILES string of the molecule is C=C[C@@H]1CC[C@H]2[C@@H]3CCc4cnccc4[C@H]3N(C(C)=O)C[C@]12O. The van der Waals surface area contributed by atoms with Gasteiger partial charge in [0.1, 0.15) is 0 Å². The number of fused-ring (bicyclic) bond motifs is 5. The molecule has 4 nitrogen and oxygen atoms in total. The Hall–Kier alpha value is -1.68. The summed E-state index contributed by atoms with van der Waals surface area (Å²) >= 11 is 0. The maximum absolute atomic E-state index is 12.4. The highest BCUT2D eigenvalue weighted by Gasteiger charge is 2.58. The van der Waals surface area contributed by atoms with Crippen LogP contribution in [0.25, 0.3) is 0 Å². The summed E-state index contributed by atoms with van der Waals surface area (Å²) < 4.78 is 0. The first-order valence-electron chi connectivity index (χ1n) is 8.61. The van der Waals surface area contributed by atoms with Crippen molar-refractivity contribution in [1.82, 2.24) is 9.88 Å². The lowest BCUT2D eigenvalue weighted by molar-refractivity contribution is -0.159. The van der Waals surface area contributed by atoms with E-state index >= 15 is 0 Å². The summed E-state index contributed by atoms with van der Waals surface area (Å²) in [5, 5.41) is 11.4. The van der Waals surface area contributed by atoms with Gasteiger partial charge in [-0.05, 0) is 54.7 Å². The fraction of sp³-hybridized carbons (Fsp3) is 0.579. The van der Waals surface area contributed by atoms with E-state index < -0.39 is 5.60 Å². The Labute approximate surface area is 137 Å². The number of carbonyl (C=O) groups is 1. The lowest BCUT2D eigenvalue weighted by atomic mass is 9.64.